The maximum Gasteiger partial charge on any atom is 0.265 e. The second-order valence-electron chi connectivity index (χ2n) is 7.22. The Kier molecular flexibility index (Phi) is 6.43. The molecule has 3 amide bonds. The number of likely N-dealkylation sites (N-methyl/N-ethyl adjacent to an activating group) is 1. The topological polar surface area (TPSA) is 105 Å². The van der Waals surface area contributed by atoms with E-state index in [0.717, 1.165) is 25.3 Å². The number of rotatable bonds is 7. The van der Waals surface area contributed by atoms with Crippen LogP contribution in [0.1, 0.15) is 31.3 Å². The number of anilines is 2. The van der Waals surface area contributed by atoms with Gasteiger partial charge in [0.05, 0.1) is 12.3 Å². The van der Waals surface area contributed by atoms with Gasteiger partial charge in [0.25, 0.3) is 18.2 Å². The number of alkyl halides is 2. The summed E-state index contributed by atoms with van der Waals surface area (Å²) in [6, 6.07) is 2.78. The second-order valence-corrected chi connectivity index (χ2v) is 7.22. The highest BCUT2D eigenvalue weighted by molar-refractivity contribution is 6.09. The highest BCUT2D eigenvalue weighted by Gasteiger charge is 2.35. The Balaban J connectivity index is 1.81. The third-order valence-corrected chi connectivity index (χ3v) is 5.38. The van der Waals surface area contributed by atoms with Gasteiger partial charge in [0.2, 0.25) is 5.91 Å². The number of primary amides is 1. The van der Waals surface area contributed by atoms with Crippen molar-refractivity contribution in [2.45, 2.75) is 37.8 Å². The molecular formula is C19H24F2N4O4. The third kappa shape index (κ3) is 4.54. The molecule has 29 heavy (non-hydrogen) atoms. The SMILES string of the molecule is CN(C1CCC1)[C@H](C(N)=O)C(=O)Nc1ccc(N2CCOCC2=O)c(C(F)F)c1. The first-order chi connectivity index (χ1) is 13.8. The molecule has 3 N–H and O–H groups in total. The van der Waals surface area contributed by atoms with E-state index in [2.05, 4.69) is 5.32 Å². The van der Waals surface area contributed by atoms with Crippen LogP contribution in [0.4, 0.5) is 20.2 Å². The molecule has 2 aliphatic rings. The number of nitrogens with zero attached hydrogens (tertiary/aromatic N) is 2. The van der Waals surface area contributed by atoms with Crippen molar-refractivity contribution in [1.29, 1.82) is 0 Å². The number of carbonyl (C=O) groups excluding carboxylic acids is 3. The number of ether oxygens (including phenoxy) is 1. The Hall–Kier alpha value is -2.59. The third-order valence-electron chi connectivity index (χ3n) is 5.38. The molecule has 1 aromatic rings. The molecule has 1 aromatic carbocycles. The number of carbonyl (C=O) groups is 3. The van der Waals surface area contributed by atoms with Crippen LogP contribution in [0.2, 0.25) is 0 Å². The maximum atomic E-state index is 13.6. The van der Waals surface area contributed by atoms with Gasteiger partial charge in [-0.05, 0) is 38.1 Å². The van der Waals surface area contributed by atoms with Gasteiger partial charge in [-0.2, -0.15) is 0 Å². The van der Waals surface area contributed by atoms with Gasteiger partial charge in [0.15, 0.2) is 6.04 Å². The lowest BCUT2D eigenvalue weighted by atomic mass is 9.90. The zero-order chi connectivity index (χ0) is 21.1. The summed E-state index contributed by atoms with van der Waals surface area (Å²) in [4.78, 5) is 39.3. The molecule has 10 heteroatoms. The monoisotopic (exact) mass is 410 g/mol. The van der Waals surface area contributed by atoms with Crippen molar-refractivity contribution >= 4 is 29.1 Å². The van der Waals surface area contributed by atoms with Gasteiger partial charge in [-0.15, -0.1) is 0 Å². The fraction of sp³-hybridized carbons (Fsp3) is 0.526. The Morgan fingerprint density at radius 3 is 2.62 bits per heavy atom. The molecule has 0 spiro atoms. The van der Waals surface area contributed by atoms with Crippen molar-refractivity contribution in [2.75, 3.05) is 37.0 Å². The van der Waals surface area contributed by atoms with E-state index < -0.39 is 30.2 Å². The summed E-state index contributed by atoms with van der Waals surface area (Å²) in [6.45, 7) is 0.246. The molecular weight excluding hydrogens is 386 g/mol. The van der Waals surface area contributed by atoms with Crippen LogP contribution in [0.15, 0.2) is 18.2 Å². The minimum absolute atomic E-state index is 0.0735. The molecule has 1 aliphatic heterocycles. The van der Waals surface area contributed by atoms with Crippen LogP contribution in [0.3, 0.4) is 0 Å². The molecule has 1 atom stereocenters. The van der Waals surface area contributed by atoms with E-state index in [1.54, 1.807) is 11.9 Å². The Morgan fingerprint density at radius 2 is 2.07 bits per heavy atom. The van der Waals surface area contributed by atoms with Crippen LogP contribution >= 0.6 is 0 Å². The quantitative estimate of drug-likeness (QED) is 0.659. The van der Waals surface area contributed by atoms with Crippen LogP contribution in [0.25, 0.3) is 0 Å². The summed E-state index contributed by atoms with van der Waals surface area (Å²) >= 11 is 0. The molecule has 1 heterocycles. The molecule has 0 radical (unpaired) electrons. The largest absolute Gasteiger partial charge is 0.370 e. The van der Waals surface area contributed by atoms with Crippen LogP contribution in [-0.4, -0.2) is 61.5 Å². The number of halogens is 2. The first-order valence-electron chi connectivity index (χ1n) is 9.42. The van der Waals surface area contributed by atoms with E-state index in [9.17, 15) is 23.2 Å². The number of morpholine rings is 1. The highest BCUT2D eigenvalue weighted by atomic mass is 19.3. The number of hydrogen-bond acceptors (Lipinski definition) is 5. The molecule has 0 aromatic heterocycles. The summed E-state index contributed by atoms with van der Waals surface area (Å²) in [6.07, 6.45) is -0.111. The van der Waals surface area contributed by atoms with E-state index in [-0.39, 0.29) is 42.7 Å². The van der Waals surface area contributed by atoms with Gasteiger partial charge >= 0.3 is 0 Å². The smallest absolute Gasteiger partial charge is 0.265 e. The molecule has 1 saturated heterocycles. The number of amides is 3. The van der Waals surface area contributed by atoms with Crippen LogP contribution in [-0.2, 0) is 19.1 Å². The summed E-state index contributed by atoms with van der Waals surface area (Å²) in [5.74, 6) is -1.89. The molecule has 3 rings (SSSR count). The lowest BCUT2D eigenvalue weighted by molar-refractivity contribution is -0.133. The van der Waals surface area contributed by atoms with E-state index >= 15 is 0 Å². The highest BCUT2D eigenvalue weighted by Crippen LogP contribution is 2.33. The predicted molar refractivity (Wildman–Crippen MR) is 102 cm³/mol. The molecule has 158 valence electrons. The molecule has 8 nitrogen and oxygen atoms in total. The fourth-order valence-corrected chi connectivity index (χ4v) is 3.56. The number of nitrogens with two attached hydrogens (primary N) is 1. The van der Waals surface area contributed by atoms with Crippen molar-refractivity contribution in [3.8, 4) is 0 Å². The zero-order valence-electron chi connectivity index (χ0n) is 16.1. The first-order valence-corrected chi connectivity index (χ1v) is 9.42. The van der Waals surface area contributed by atoms with Crippen molar-refractivity contribution in [1.82, 2.24) is 4.90 Å². The van der Waals surface area contributed by atoms with Crippen LogP contribution < -0.4 is 16.0 Å². The standard InChI is InChI=1S/C19H24F2N4O4/c1-24(12-3-2-4-12)16(18(22)27)19(28)23-11-5-6-14(13(9-11)17(20)21)25-7-8-29-10-15(25)26/h5-6,9,12,16-17H,2-4,7-8,10H2,1H3,(H2,22,27)(H,23,28)/t16-/m1/s1. The van der Waals surface area contributed by atoms with Crippen molar-refractivity contribution in [3.63, 3.8) is 0 Å². The minimum atomic E-state index is -2.86. The van der Waals surface area contributed by atoms with Gasteiger partial charge < -0.3 is 20.7 Å². The zero-order valence-corrected chi connectivity index (χ0v) is 16.1. The minimum Gasteiger partial charge on any atom is -0.370 e. The summed E-state index contributed by atoms with van der Waals surface area (Å²) < 4.78 is 32.3. The molecule has 0 unspecified atom stereocenters. The number of hydrogen-bond donors (Lipinski definition) is 2. The van der Waals surface area contributed by atoms with Crippen LogP contribution in [0, 0.1) is 0 Å². The van der Waals surface area contributed by atoms with Crippen LogP contribution in [0.5, 0.6) is 0 Å². The average molecular weight is 410 g/mol. The molecule has 1 saturated carbocycles. The summed E-state index contributed by atoms with van der Waals surface area (Å²) in [7, 11) is 1.65. The summed E-state index contributed by atoms with van der Waals surface area (Å²) in [5, 5.41) is 2.50. The summed E-state index contributed by atoms with van der Waals surface area (Å²) in [5.41, 5.74) is 5.19. The fourth-order valence-electron chi connectivity index (χ4n) is 3.56. The van der Waals surface area contributed by atoms with Gasteiger partial charge in [-0.1, -0.05) is 6.42 Å². The van der Waals surface area contributed by atoms with Gasteiger partial charge in [0.1, 0.15) is 6.61 Å². The van der Waals surface area contributed by atoms with Crippen molar-refractivity contribution in [3.05, 3.63) is 23.8 Å². The average Bonchev–Trinajstić information content (AvgIpc) is 2.60. The van der Waals surface area contributed by atoms with Crippen molar-refractivity contribution < 1.29 is 27.9 Å². The normalized spacial score (nSPS) is 18.7. The lowest BCUT2D eigenvalue weighted by Gasteiger charge is -2.37. The molecule has 2 fully saturated rings. The van der Waals surface area contributed by atoms with E-state index in [1.165, 1.54) is 17.0 Å². The maximum absolute atomic E-state index is 13.6. The van der Waals surface area contributed by atoms with E-state index in [1.807, 2.05) is 0 Å². The molecule has 0 bridgehead atoms. The lowest BCUT2D eigenvalue weighted by Crippen LogP contribution is -2.55. The Morgan fingerprint density at radius 1 is 1.34 bits per heavy atom. The second kappa shape index (κ2) is 8.83. The van der Waals surface area contributed by atoms with Gasteiger partial charge in [0, 0.05) is 23.8 Å². The molecule has 1 aliphatic carbocycles. The first kappa shape index (κ1) is 21.1. The Labute approximate surface area is 167 Å². The number of benzene rings is 1. The Bertz CT molecular complexity index is 800. The number of nitrogens with one attached hydrogen (secondary N) is 1. The van der Waals surface area contributed by atoms with Crippen molar-refractivity contribution in [2.24, 2.45) is 5.73 Å². The van der Waals surface area contributed by atoms with Gasteiger partial charge in [-0.25, -0.2) is 8.78 Å². The predicted octanol–water partition coefficient (Wildman–Crippen LogP) is 1.26. The van der Waals surface area contributed by atoms with E-state index in [0.29, 0.717) is 0 Å². The van der Waals surface area contributed by atoms with E-state index in [4.69, 9.17) is 10.5 Å². The van der Waals surface area contributed by atoms with Gasteiger partial charge in [-0.3, -0.25) is 19.3 Å².